The van der Waals surface area contributed by atoms with Gasteiger partial charge in [0.15, 0.2) is 0 Å². The monoisotopic (exact) mass is 302 g/mol. The quantitative estimate of drug-likeness (QED) is 0.623. The molecular formula is C11H15BrN2OS. The highest BCUT2D eigenvalue weighted by Crippen LogP contribution is 2.18. The minimum atomic E-state index is -1.24. The summed E-state index contributed by atoms with van der Waals surface area (Å²) in [5.41, 5.74) is 1.61. The topological polar surface area (TPSA) is 48.3 Å². The number of pyridine rings is 1. The van der Waals surface area contributed by atoms with Crippen molar-refractivity contribution < 1.29 is 4.55 Å². The van der Waals surface area contributed by atoms with Gasteiger partial charge in [0.1, 0.15) is 28.0 Å². The molecule has 1 heterocycles. The number of rotatable bonds is 2. The standard InChI is InChI=1S/C11H15BrN2OS/c1-8-5-6-9(12)10(14-8)7-13-16(15)11(2,3)4/h5-7H,1-4H3/b13-7-. The fraction of sp³-hybridized carbons (Fsp3) is 0.455. The Balaban J connectivity index is 2.88. The molecule has 3 nitrogen and oxygen atoms in total. The molecule has 16 heavy (non-hydrogen) atoms. The third-order valence-corrected chi connectivity index (χ3v) is 3.82. The molecule has 0 fully saturated rings. The zero-order valence-electron chi connectivity index (χ0n) is 9.82. The van der Waals surface area contributed by atoms with E-state index in [9.17, 15) is 4.55 Å². The SMILES string of the molecule is Cc1ccc(Br)c(/C=N\[S+]([O-])C(C)(C)C)n1. The number of aryl methyl sites for hydroxylation is 1. The highest BCUT2D eigenvalue weighted by molar-refractivity contribution is 9.10. The second-order valence-electron chi connectivity index (χ2n) is 4.42. The Hall–Kier alpha value is -0.390. The molecule has 1 aromatic heterocycles. The molecule has 0 amide bonds. The normalized spacial score (nSPS) is 14.4. The summed E-state index contributed by atoms with van der Waals surface area (Å²) in [4.78, 5) is 4.30. The van der Waals surface area contributed by atoms with E-state index in [1.165, 1.54) is 0 Å². The molecule has 0 spiro atoms. The lowest BCUT2D eigenvalue weighted by atomic mass is 10.3. The fourth-order valence-corrected chi connectivity index (χ4v) is 1.74. The van der Waals surface area contributed by atoms with Gasteiger partial charge in [-0.25, -0.2) is 0 Å². The molecule has 0 aliphatic carbocycles. The second-order valence-corrected chi connectivity index (χ2v) is 7.20. The van der Waals surface area contributed by atoms with Gasteiger partial charge in [0.05, 0.1) is 0 Å². The summed E-state index contributed by atoms with van der Waals surface area (Å²) in [5, 5.41) is 0. The van der Waals surface area contributed by atoms with Gasteiger partial charge < -0.3 is 4.55 Å². The number of halogens is 1. The molecule has 1 atom stereocenters. The van der Waals surface area contributed by atoms with Crippen molar-refractivity contribution in [2.24, 2.45) is 4.40 Å². The van der Waals surface area contributed by atoms with Gasteiger partial charge in [0.25, 0.3) is 0 Å². The predicted molar refractivity (Wildman–Crippen MR) is 72.2 cm³/mol. The van der Waals surface area contributed by atoms with E-state index < -0.39 is 11.4 Å². The van der Waals surface area contributed by atoms with Crippen molar-refractivity contribution in [1.82, 2.24) is 4.98 Å². The first-order valence-corrected chi connectivity index (χ1v) is 6.80. The molecule has 0 aromatic carbocycles. The average molecular weight is 303 g/mol. The van der Waals surface area contributed by atoms with Gasteiger partial charge in [-0.3, -0.25) is 4.98 Å². The Morgan fingerprint density at radius 1 is 1.44 bits per heavy atom. The summed E-state index contributed by atoms with van der Waals surface area (Å²) in [6.07, 6.45) is 1.55. The van der Waals surface area contributed by atoms with Crippen LogP contribution in [-0.2, 0) is 11.4 Å². The minimum absolute atomic E-state index is 0.340. The molecule has 0 aliphatic heterocycles. The van der Waals surface area contributed by atoms with Gasteiger partial charge in [-0.15, -0.1) is 0 Å². The highest BCUT2D eigenvalue weighted by Gasteiger charge is 2.25. The van der Waals surface area contributed by atoms with Crippen molar-refractivity contribution >= 4 is 33.5 Å². The maximum absolute atomic E-state index is 11.7. The van der Waals surface area contributed by atoms with Crippen molar-refractivity contribution in [2.45, 2.75) is 32.4 Å². The van der Waals surface area contributed by atoms with Crippen LogP contribution < -0.4 is 0 Å². The molecule has 0 radical (unpaired) electrons. The van der Waals surface area contributed by atoms with E-state index in [2.05, 4.69) is 25.3 Å². The molecule has 0 saturated carbocycles. The minimum Gasteiger partial charge on any atom is -0.591 e. The van der Waals surface area contributed by atoms with Crippen LogP contribution in [0, 0.1) is 6.92 Å². The summed E-state index contributed by atoms with van der Waals surface area (Å²) < 4.78 is 16.2. The Bertz CT molecular complexity index is 401. The zero-order valence-corrected chi connectivity index (χ0v) is 12.2. The maximum atomic E-state index is 11.7. The van der Waals surface area contributed by atoms with Crippen LogP contribution in [0.2, 0.25) is 0 Å². The lowest BCUT2D eigenvalue weighted by Crippen LogP contribution is -2.25. The second kappa shape index (κ2) is 5.29. The van der Waals surface area contributed by atoms with Crippen LogP contribution in [0.4, 0.5) is 0 Å². The van der Waals surface area contributed by atoms with Gasteiger partial charge in [-0.2, -0.15) is 0 Å². The van der Waals surface area contributed by atoms with Gasteiger partial charge in [-0.05, 0) is 55.8 Å². The number of hydrogen-bond acceptors (Lipinski definition) is 3. The van der Waals surface area contributed by atoms with E-state index in [4.69, 9.17) is 0 Å². The summed E-state index contributed by atoms with van der Waals surface area (Å²) in [5.74, 6) is 0. The van der Waals surface area contributed by atoms with Crippen LogP contribution in [-0.4, -0.2) is 20.5 Å². The third kappa shape index (κ3) is 3.88. The van der Waals surface area contributed by atoms with Crippen LogP contribution in [0.15, 0.2) is 21.0 Å². The van der Waals surface area contributed by atoms with E-state index >= 15 is 0 Å². The van der Waals surface area contributed by atoms with Crippen LogP contribution in [0.1, 0.15) is 32.2 Å². The molecule has 88 valence electrons. The average Bonchev–Trinajstić information content (AvgIpc) is 2.17. The largest absolute Gasteiger partial charge is 0.591 e. The Morgan fingerprint density at radius 3 is 2.62 bits per heavy atom. The van der Waals surface area contributed by atoms with Crippen LogP contribution in [0.5, 0.6) is 0 Å². The maximum Gasteiger partial charge on any atom is 0.144 e. The van der Waals surface area contributed by atoms with Crippen molar-refractivity contribution in [1.29, 1.82) is 0 Å². The molecule has 1 aromatic rings. The lowest BCUT2D eigenvalue weighted by Gasteiger charge is -2.17. The molecule has 0 N–H and O–H groups in total. The van der Waals surface area contributed by atoms with E-state index in [1.807, 2.05) is 39.8 Å². The molecular weight excluding hydrogens is 288 g/mol. The lowest BCUT2D eigenvalue weighted by molar-refractivity contribution is 0.562. The Kier molecular flexibility index (Phi) is 4.52. The smallest absolute Gasteiger partial charge is 0.144 e. The van der Waals surface area contributed by atoms with Gasteiger partial charge in [0, 0.05) is 10.2 Å². The molecule has 0 aliphatic rings. The summed E-state index contributed by atoms with van der Waals surface area (Å²) in [7, 11) is 0. The van der Waals surface area contributed by atoms with Crippen molar-refractivity contribution in [3.05, 3.63) is 28.0 Å². The molecule has 0 saturated heterocycles. The van der Waals surface area contributed by atoms with E-state index in [0.29, 0.717) is 5.69 Å². The number of aromatic nitrogens is 1. The van der Waals surface area contributed by atoms with Crippen LogP contribution >= 0.6 is 15.9 Å². The summed E-state index contributed by atoms with van der Waals surface area (Å²) in [6, 6.07) is 3.81. The van der Waals surface area contributed by atoms with Crippen molar-refractivity contribution in [3.8, 4) is 0 Å². The fourth-order valence-electron chi connectivity index (χ4n) is 0.906. The van der Waals surface area contributed by atoms with E-state index in [1.54, 1.807) is 6.21 Å². The third-order valence-electron chi connectivity index (χ3n) is 1.81. The Morgan fingerprint density at radius 2 is 2.06 bits per heavy atom. The first-order valence-electron chi connectivity index (χ1n) is 4.90. The first-order chi connectivity index (χ1) is 7.30. The molecule has 1 unspecified atom stereocenters. The van der Waals surface area contributed by atoms with E-state index in [-0.39, 0.29) is 4.75 Å². The number of nitrogens with zero attached hydrogens (tertiary/aromatic N) is 2. The van der Waals surface area contributed by atoms with Gasteiger partial charge in [-0.1, -0.05) is 4.40 Å². The zero-order chi connectivity index (χ0) is 12.3. The van der Waals surface area contributed by atoms with Gasteiger partial charge >= 0.3 is 0 Å². The molecule has 1 rings (SSSR count). The predicted octanol–water partition coefficient (Wildman–Crippen LogP) is 3.03. The molecule has 5 heteroatoms. The Labute approximate surface area is 108 Å². The van der Waals surface area contributed by atoms with E-state index in [0.717, 1.165) is 10.2 Å². The molecule has 0 bridgehead atoms. The van der Waals surface area contributed by atoms with Gasteiger partial charge in [0.2, 0.25) is 0 Å². The summed E-state index contributed by atoms with van der Waals surface area (Å²) in [6.45, 7) is 7.57. The van der Waals surface area contributed by atoms with Crippen LogP contribution in [0.25, 0.3) is 0 Å². The highest BCUT2D eigenvalue weighted by atomic mass is 79.9. The summed E-state index contributed by atoms with van der Waals surface area (Å²) >= 11 is 2.13. The van der Waals surface area contributed by atoms with Crippen molar-refractivity contribution in [3.63, 3.8) is 0 Å². The van der Waals surface area contributed by atoms with Crippen molar-refractivity contribution in [2.75, 3.05) is 0 Å². The number of hydrogen-bond donors (Lipinski definition) is 0. The first kappa shape index (κ1) is 13.7. The van der Waals surface area contributed by atoms with Crippen LogP contribution in [0.3, 0.4) is 0 Å².